The van der Waals surface area contributed by atoms with E-state index in [2.05, 4.69) is 20.7 Å². The molecule has 0 aliphatic rings. The number of nitrogens with one attached hydrogen (secondary N) is 1. The summed E-state index contributed by atoms with van der Waals surface area (Å²) in [7, 11) is -3.48. The van der Waals surface area contributed by atoms with E-state index in [0.717, 1.165) is 16.9 Å². The van der Waals surface area contributed by atoms with Crippen LogP contribution in [0.15, 0.2) is 46.7 Å². The first-order valence-corrected chi connectivity index (χ1v) is 9.76. The number of benzene rings is 1. The van der Waals surface area contributed by atoms with Crippen LogP contribution in [0.1, 0.15) is 29.8 Å². The monoisotopic (exact) mass is 373 g/mol. The molecule has 0 saturated carbocycles. The molecule has 0 aliphatic heterocycles. The molecule has 0 aliphatic carbocycles. The van der Waals surface area contributed by atoms with Crippen LogP contribution >= 0.6 is 27.3 Å². The molecule has 0 bridgehead atoms. The van der Waals surface area contributed by atoms with E-state index < -0.39 is 10.0 Å². The van der Waals surface area contributed by atoms with Crippen molar-refractivity contribution < 1.29 is 8.42 Å². The van der Waals surface area contributed by atoms with Gasteiger partial charge in [-0.2, -0.15) is 0 Å². The second-order valence-corrected chi connectivity index (χ2v) is 7.63. The third-order valence-corrected chi connectivity index (χ3v) is 6.10. The molecule has 0 fully saturated rings. The minimum absolute atomic E-state index is 0.171. The molecule has 0 spiro atoms. The number of hydrogen-bond donors (Lipinski definition) is 1. The molecule has 6 heteroatoms. The normalized spacial score (nSPS) is 13.3. The lowest BCUT2D eigenvalue weighted by atomic mass is 10.2. The fraction of sp³-hybridized carbons (Fsp3) is 0.286. The average Bonchev–Trinajstić information content (AvgIpc) is 2.99. The van der Waals surface area contributed by atoms with E-state index in [-0.39, 0.29) is 6.04 Å². The van der Waals surface area contributed by atoms with Gasteiger partial charge in [0, 0.05) is 10.2 Å². The maximum absolute atomic E-state index is 12.4. The average molecular weight is 374 g/mol. The summed E-state index contributed by atoms with van der Waals surface area (Å²) in [6, 6.07) is 10.6. The zero-order valence-electron chi connectivity index (χ0n) is 11.0. The van der Waals surface area contributed by atoms with Crippen molar-refractivity contribution in [2.45, 2.75) is 29.6 Å². The number of rotatable bonds is 6. The van der Waals surface area contributed by atoms with Gasteiger partial charge in [0.25, 0.3) is 0 Å². The summed E-state index contributed by atoms with van der Waals surface area (Å²) in [4.78, 5) is 1.34. The van der Waals surface area contributed by atoms with Gasteiger partial charge in [0.05, 0.1) is 10.9 Å². The highest BCUT2D eigenvalue weighted by Crippen LogP contribution is 2.24. The van der Waals surface area contributed by atoms with Gasteiger partial charge in [0.15, 0.2) is 0 Å². The largest absolute Gasteiger partial charge is 0.241 e. The van der Waals surface area contributed by atoms with Gasteiger partial charge in [-0.3, -0.25) is 0 Å². The van der Waals surface area contributed by atoms with E-state index >= 15 is 0 Å². The van der Waals surface area contributed by atoms with Crippen molar-refractivity contribution in [3.63, 3.8) is 0 Å². The van der Waals surface area contributed by atoms with Crippen LogP contribution in [-0.4, -0.2) is 8.42 Å². The van der Waals surface area contributed by atoms with E-state index in [9.17, 15) is 8.42 Å². The van der Waals surface area contributed by atoms with Crippen molar-refractivity contribution in [1.82, 2.24) is 4.72 Å². The molecule has 1 N–H and O–H groups in total. The van der Waals surface area contributed by atoms with Crippen LogP contribution < -0.4 is 4.72 Å². The first kappa shape index (κ1) is 15.7. The van der Waals surface area contributed by atoms with E-state index in [0.29, 0.717) is 10.2 Å². The van der Waals surface area contributed by atoms with Crippen LogP contribution in [0.5, 0.6) is 0 Å². The predicted octanol–water partition coefficient (Wildman–Crippen LogP) is 4.07. The van der Waals surface area contributed by atoms with Gasteiger partial charge < -0.3 is 0 Å². The number of sulfonamides is 1. The number of halogens is 1. The summed E-state index contributed by atoms with van der Waals surface area (Å²) in [5, 5.41) is 2.67. The Hall–Kier alpha value is -0.690. The molecule has 3 nitrogen and oxygen atoms in total. The molecular weight excluding hydrogens is 358 g/mol. The SMILES string of the molecule is CCC(NS(=O)(=O)c1ccc(CBr)cc1)c1cccs1. The van der Waals surface area contributed by atoms with E-state index in [1.165, 1.54) is 0 Å². The standard InChI is InChI=1S/C14H16BrNO2S2/c1-2-13(14-4-3-9-19-14)16-20(17,18)12-7-5-11(10-15)6-8-12/h3-9,13,16H,2,10H2,1H3. The topological polar surface area (TPSA) is 46.2 Å². The molecule has 1 aromatic heterocycles. The summed E-state index contributed by atoms with van der Waals surface area (Å²) in [6.45, 7) is 1.97. The molecule has 1 unspecified atom stereocenters. The molecule has 0 amide bonds. The first-order valence-electron chi connectivity index (χ1n) is 6.27. The Bertz CT molecular complexity index is 636. The highest BCUT2D eigenvalue weighted by molar-refractivity contribution is 9.08. The number of alkyl halides is 1. The van der Waals surface area contributed by atoms with Crippen LogP contribution in [0, 0.1) is 0 Å². The second kappa shape index (κ2) is 6.85. The molecule has 1 atom stereocenters. The maximum atomic E-state index is 12.4. The molecule has 2 rings (SSSR count). The predicted molar refractivity (Wildman–Crippen MR) is 86.7 cm³/mol. The van der Waals surface area contributed by atoms with Gasteiger partial charge in [-0.1, -0.05) is 41.1 Å². The van der Waals surface area contributed by atoms with Crippen molar-refractivity contribution in [2.75, 3.05) is 0 Å². The highest BCUT2D eigenvalue weighted by Gasteiger charge is 2.20. The van der Waals surface area contributed by atoms with E-state index in [4.69, 9.17) is 0 Å². The Morgan fingerprint density at radius 3 is 2.45 bits per heavy atom. The summed E-state index contributed by atoms with van der Waals surface area (Å²) in [6.07, 6.45) is 0.721. The fourth-order valence-corrected chi connectivity index (χ4v) is 4.45. The second-order valence-electron chi connectivity index (χ2n) is 4.38. The van der Waals surface area contributed by atoms with Gasteiger partial charge in [0.2, 0.25) is 10.0 Å². The lowest BCUT2D eigenvalue weighted by Crippen LogP contribution is -2.27. The Kier molecular flexibility index (Phi) is 5.37. The van der Waals surface area contributed by atoms with Gasteiger partial charge in [-0.05, 0) is 35.6 Å². The van der Waals surface area contributed by atoms with E-state index in [1.54, 1.807) is 23.5 Å². The Balaban J connectivity index is 2.21. The van der Waals surface area contributed by atoms with Crippen molar-refractivity contribution >= 4 is 37.3 Å². The maximum Gasteiger partial charge on any atom is 0.241 e. The molecular formula is C14H16BrNO2S2. The van der Waals surface area contributed by atoms with Crippen molar-refractivity contribution in [1.29, 1.82) is 0 Å². The van der Waals surface area contributed by atoms with Crippen LogP contribution in [0.2, 0.25) is 0 Å². The number of thiophene rings is 1. The van der Waals surface area contributed by atoms with Gasteiger partial charge in [0.1, 0.15) is 0 Å². The third kappa shape index (κ3) is 3.69. The third-order valence-electron chi connectivity index (χ3n) is 2.98. The molecule has 20 heavy (non-hydrogen) atoms. The molecule has 0 radical (unpaired) electrons. The minimum Gasteiger partial charge on any atom is -0.207 e. The zero-order chi connectivity index (χ0) is 14.6. The summed E-state index contributed by atoms with van der Waals surface area (Å²) in [5.74, 6) is 0. The summed E-state index contributed by atoms with van der Waals surface area (Å²) >= 11 is 4.91. The van der Waals surface area contributed by atoms with Gasteiger partial charge in [-0.25, -0.2) is 13.1 Å². The molecule has 1 aromatic carbocycles. The summed E-state index contributed by atoms with van der Waals surface area (Å²) < 4.78 is 27.5. The first-order chi connectivity index (χ1) is 9.56. The lowest BCUT2D eigenvalue weighted by molar-refractivity contribution is 0.553. The van der Waals surface area contributed by atoms with Crippen LogP contribution in [0.25, 0.3) is 0 Å². The smallest absolute Gasteiger partial charge is 0.207 e. The zero-order valence-corrected chi connectivity index (χ0v) is 14.3. The van der Waals surface area contributed by atoms with Gasteiger partial charge >= 0.3 is 0 Å². The van der Waals surface area contributed by atoms with Crippen molar-refractivity contribution in [3.05, 3.63) is 52.2 Å². The Labute approximate surface area is 132 Å². The van der Waals surface area contributed by atoms with Crippen molar-refractivity contribution in [2.24, 2.45) is 0 Å². The summed E-state index contributed by atoms with van der Waals surface area (Å²) in [5.41, 5.74) is 1.05. The fourth-order valence-electron chi connectivity index (χ4n) is 1.85. The Morgan fingerprint density at radius 2 is 1.95 bits per heavy atom. The molecule has 1 heterocycles. The number of hydrogen-bond acceptors (Lipinski definition) is 3. The highest BCUT2D eigenvalue weighted by atomic mass is 79.9. The molecule has 0 saturated heterocycles. The van der Waals surface area contributed by atoms with Gasteiger partial charge in [-0.15, -0.1) is 11.3 Å². The Morgan fingerprint density at radius 1 is 1.25 bits per heavy atom. The molecule has 108 valence electrons. The minimum atomic E-state index is -3.48. The van der Waals surface area contributed by atoms with Crippen LogP contribution in [0.3, 0.4) is 0 Å². The lowest BCUT2D eigenvalue weighted by Gasteiger charge is -2.15. The van der Waals surface area contributed by atoms with Crippen LogP contribution in [0.4, 0.5) is 0 Å². The van der Waals surface area contributed by atoms with Crippen LogP contribution in [-0.2, 0) is 15.4 Å². The quantitative estimate of drug-likeness (QED) is 0.775. The van der Waals surface area contributed by atoms with Crippen molar-refractivity contribution in [3.8, 4) is 0 Å². The molecule has 2 aromatic rings. The van der Waals surface area contributed by atoms with E-state index in [1.807, 2.05) is 36.6 Å².